The average Bonchev–Trinajstić information content (AvgIpc) is 2.34. The van der Waals surface area contributed by atoms with Crippen LogP contribution >= 0.6 is 0 Å². The molecule has 0 spiro atoms. The fourth-order valence-corrected chi connectivity index (χ4v) is 3.35. The van der Waals surface area contributed by atoms with Crippen molar-refractivity contribution in [2.75, 3.05) is 20.7 Å². The normalized spacial score (nSPS) is 27.9. The van der Waals surface area contributed by atoms with Gasteiger partial charge in [-0.1, -0.05) is 12.1 Å². The lowest BCUT2D eigenvalue weighted by Crippen LogP contribution is -2.55. The van der Waals surface area contributed by atoms with Gasteiger partial charge in [-0.3, -0.25) is 0 Å². The number of rotatable bonds is 2. The monoisotopic (exact) mass is 270 g/mol. The maximum Gasteiger partial charge on any atom is 0.280 e. The Morgan fingerprint density at radius 1 is 1.33 bits per heavy atom. The second kappa shape index (κ2) is 4.53. The van der Waals surface area contributed by atoms with Crippen LogP contribution in [0.3, 0.4) is 0 Å². The van der Waals surface area contributed by atoms with E-state index in [9.17, 15) is 8.42 Å². The van der Waals surface area contributed by atoms with Gasteiger partial charge in [0.05, 0.1) is 12.6 Å². The van der Waals surface area contributed by atoms with Gasteiger partial charge in [0.2, 0.25) is 0 Å². The van der Waals surface area contributed by atoms with Crippen LogP contribution in [0.15, 0.2) is 24.3 Å². The minimum atomic E-state index is -3.38. The highest BCUT2D eigenvalue weighted by Crippen LogP contribution is 2.30. The van der Waals surface area contributed by atoms with Crippen molar-refractivity contribution in [1.29, 1.82) is 0 Å². The molecule has 6 heteroatoms. The summed E-state index contributed by atoms with van der Waals surface area (Å²) < 4.78 is 32.9. The van der Waals surface area contributed by atoms with Gasteiger partial charge in [0, 0.05) is 13.6 Å². The first-order valence-electron chi connectivity index (χ1n) is 5.77. The van der Waals surface area contributed by atoms with Crippen molar-refractivity contribution in [2.45, 2.75) is 18.9 Å². The van der Waals surface area contributed by atoms with Gasteiger partial charge in [-0.05, 0) is 31.0 Å². The Hall–Kier alpha value is -1.11. The van der Waals surface area contributed by atoms with Gasteiger partial charge in [-0.25, -0.2) is 0 Å². The van der Waals surface area contributed by atoms with Gasteiger partial charge in [0.15, 0.2) is 0 Å². The zero-order valence-electron chi connectivity index (χ0n) is 10.8. The maximum atomic E-state index is 11.9. The zero-order valence-corrected chi connectivity index (χ0v) is 11.6. The molecule has 1 aliphatic heterocycles. The Balaban J connectivity index is 2.31. The molecule has 1 heterocycles. The van der Waals surface area contributed by atoms with Gasteiger partial charge in [0.25, 0.3) is 10.2 Å². The third kappa shape index (κ3) is 2.36. The van der Waals surface area contributed by atoms with Crippen molar-refractivity contribution in [1.82, 2.24) is 9.03 Å². The molecule has 0 aliphatic carbocycles. The van der Waals surface area contributed by atoms with Crippen molar-refractivity contribution in [3.8, 4) is 5.75 Å². The third-order valence-corrected chi connectivity index (χ3v) is 5.13. The van der Waals surface area contributed by atoms with Crippen LogP contribution in [0.25, 0.3) is 0 Å². The number of hydrogen-bond acceptors (Lipinski definition) is 3. The highest BCUT2D eigenvalue weighted by Gasteiger charge is 2.38. The van der Waals surface area contributed by atoms with Gasteiger partial charge < -0.3 is 4.74 Å². The van der Waals surface area contributed by atoms with E-state index in [1.165, 1.54) is 4.31 Å². The summed E-state index contributed by atoms with van der Waals surface area (Å²) in [4.78, 5) is 0. The van der Waals surface area contributed by atoms with Crippen LogP contribution < -0.4 is 9.46 Å². The van der Waals surface area contributed by atoms with Crippen molar-refractivity contribution in [3.63, 3.8) is 0 Å². The average molecular weight is 270 g/mol. The molecule has 18 heavy (non-hydrogen) atoms. The van der Waals surface area contributed by atoms with Gasteiger partial charge >= 0.3 is 0 Å². The van der Waals surface area contributed by atoms with Crippen LogP contribution in [0.4, 0.5) is 0 Å². The van der Waals surface area contributed by atoms with Crippen molar-refractivity contribution >= 4 is 10.2 Å². The Morgan fingerprint density at radius 3 is 2.44 bits per heavy atom. The van der Waals surface area contributed by atoms with Crippen LogP contribution in [0.2, 0.25) is 0 Å². The Bertz CT molecular complexity index is 527. The fourth-order valence-electron chi connectivity index (χ4n) is 2.08. The Labute approximate surface area is 108 Å². The molecule has 1 aliphatic rings. The van der Waals surface area contributed by atoms with E-state index < -0.39 is 15.7 Å². The Kier molecular flexibility index (Phi) is 3.35. The molecule has 1 fully saturated rings. The quantitative estimate of drug-likeness (QED) is 0.875. The van der Waals surface area contributed by atoms with Crippen LogP contribution in [0.5, 0.6) is 5.75 Å². The van der Waals surface area contributed by atoms with Crippen molar-refractivity contribution in [2.24, 2.45) is 0 Å². The number of hydrogen-bond donors (Lipinski definition) is 1. The minimum Gasteiger partial charge on any atom is -0.497 e. The van der Waals surface area contributed by atoms with E-state index in [0.29, 0.717) is 6.54 Å². The molecule has 1 saturated heterocycles. The molecule has 0 unspecified atom stereocenters. The topological polar surface area (TPSA) is 58.6 Å². The first kappa shape index (κ1) is 13.3. The van der Waals surface area contributed by atoms with E-state index in [0.717, 1.165) is 17.7 Å². The second-order valence-electron chi connectivity index (χ2n) is 4.74. The molecule has 0 saturated carbocycles. The van der Waals surface area contributed by atoms with Crippen molar-refractivity contribution < 1.29 is 13.2 Å². The molecular formula is C12H18N2O3S. The van der Waals surface area contributed by atoms with Gasteiger partial charge in [0.1, 0.15) is 5.75 Å². The second-order valence-corrected chi connectivity index (χ2v) is 6.52. The summed E-state index contributed by atoms with van der Waals surface area (Å²) in [6.45, 7) is 2.41. The third-order valence-electron chi connectivity index (χ3n) is 3.42. The highest BCUT2D eigenvalue weighted by atomic mass is 32.2. The van der Waals surface area contributed by atoms with E-state index in [-0.39, 0.29) is 0 Å². The summed E-state index contributed by atoms with van der Waals surface area (Å²) >= 11 is 0. The zero-order chi connectivity index (χ0) is 13.4. The van der Waals surface area contributed by atoms with E-state index in [2.05, 4.69) is 4.72 Å². The summed E-state index contributed by atoms with van der Waals surface area (Å²) in [5.41, 5.74) is 0.386. The largest absolute Gasteiger partial charge is 0.497 e. The SMILES string of the molecule is COc1ccc([C@@]2(C)CCN(C)S(=O)(=O)N2)cc1. The number of nitrogens with one attached hydrogen (secondary N) is 1. The lowest BCUT2D eigenvalue weighted by atomic mass is 9.89. The summed E-state index contributed by atoms with van der Waals surface area (Å²) in [6.07, 6.45) is 0.731. The summed E-state index contributed by atoms with van der Waals surface area (Å²) in [5.74, 6) is 0.762. The maximum absolute atomic E-state index is 11.9. The van der Waals surface area contributed by atoms with Gasteiger partial charge in [-0.2, -0.15) is 17.4 Å². The van der Waals surface area contributed by atoms with E-state index >= 15 is 0 Å². The highest BCUT2D eigenvalue weighted by molar-refractivity contribution is 7.87. The number of ether oxygens (including phenoxy) is 1. The first-order valence-corrected chi connectivity index (χ1v) is 7.21. The standard InChI is InChI=1S/C12H18N2O3S/c1-12(8-9-14(2)18(15,16)13-12)10-4-6-11(17-3)7-5-10/h4-7,13H,8-9H2,1-3H3/t12-/m1/s1. The summed E-state index contributed by atoms with van der Waals surface area (Å²) in [7, 11) is -0.195. The number of methoxy groups -OCH3 is 1. The van der Waals surface area contributed by atoms with Crippen LogP contribution in [0.1, 0.15) is 18.9 Å². The summed E-state index contributed by atoms with van der Waals surface area (Å²) in [6, 6.07) is 7.47. The molecule has 1 aromatic carbocycles. The Morgan fingerprint density at radius 2 is 1.94 bits per heavy atom. The lowest BCUT2D eigenvalue weighted by Gasteiger charge is -2.38. The molecule has 1 aromatic rings. The molecule has 1 atom stereocenters. The smallest absolute Gasteiger partial charge is 0.280 e. The minimum absolute atomic E-state index is 0.512. The molecule has 5 nitrogen and oxygen atoms in total. The molecule has 0 radical (unpaired) electrons. The molecule has 0 aromatic heterocycles. The van der Waals surface area contributed by atoms with Crippen LogP contribution in [0, 0.1) is 0 Å². The number of benzene rings is 1. The molecule has 0 bridgehead atoms. The molecule has 0 amide bonds. The van der Waals surface area contributed by atoms with Crippen molar-refractivity contribution in [3.05, 3.63) is 29.8 Å². The fraction of sp³-hybridized carbons (Fsp3) is 0.500. The van der Waals surface area contributed by atoms with Crippen LogP contribution in [-0.4, -0.2) is 33.4 Å². The van der Waals surface area contributed by atoms with E-state index in [1.807, 2.05) is 31.2 Å². The van der Waals surface area contributed by atoms with Crippen LogP contribution in [-0.2, 0) is 15.7 Å². The van der Waals surface area contributed by atoms with E-state index in [4.69, 9.17) is 4.74 Å². The predicted molar refractivity (Wildman–Crippen MR) is 69.6 cm³/mol. The molecule has 1 N–H and O–H groups in total. The molecular weight excluding hydrogens is 252 g/mol. The van der Waals surface area contributed by atoms with Gasteiger partial charge in [-0.15, -0.1) is 0 Å². The molecule has 100 valence electrons. The first-order chi connectivity index (χ1) is 8.37. The lowest BCUT2D eigenvalue weighted by molar-refractivity contribution is 0.302. The predicted octanol–water partition coefficient (Wildman–Crippen LogP) is 1.08. The number of nitrogens with zero attached hydrogens (tertiary/aromatic N) is 1. The molecule has 2 rings (SSSR count). The summed E-state index contributed by atoms with van der Waals surface area (Å²) in [5, 5.41) is 0. The van der Waals surface area contributed by atoms with E-state index in [1.54, 1.807) is 14.2 Å².